The molecule has 2 N–H and O–H groups in total. The average Bonchev–Trinajstić information content (AvgIpc) is 2.46. The number of carbonyl (C=O) groups excluding carboxylic acids is 1. The zero-order chi connectivity index (χ0) is 14.4. The summed E-state index contributed by atoms with van der Waals surface area (Å²) in [6.07, 6.45) is 0.462. The summed E-state index contributed by atoms with van der Waals surface area (Å²) in [5, 5.41) is 6.26. The molecule has 5 nitrogen and oxygen atoms in total. The van der Waals surface area contributed by atoms with Crippen LogP contribution in [-0.2, 0) is 16.1 Å². The van der Waals surface area contributed by atoms with E-state index in [-0.39, 0.29) is 11.9 Å². The molecule has 1 aliphatic rings. The third kappa shape index (κ3) is 4.21. The Labute approximate surface area is 120 Å². The molecule has 0 spiro atoms. The number of anilines is 1. The van der Waals surface area contributed by atoms with Gasteiger partial charge in [-0.2, -0.15) is 0 Å². The topological polar surface area (TPSA) is 53.6 Å². The van der Waals surface area contributed by atoms with Gasteiger partial charge in [-0.25, -0.2) is 0 Å². The van der Waals surface area contributed by atoms with Crippen molar-refractivity contribution in [2.24, 2.45) is 0 Å². The molecule has 1 aromatic rings. The van der Waals surface area contributed by atoms with Crippen LogP contribution >= 0.6 is 0 Å². The van der Waals surface area contributed by atoms with Gasteiger partial charge in [0.25, 0.3) is 0 Å². The van der Waals surface area contributed by atoms with E-state index in [0.717, 1.165) is 24.4 Å². The fourth-order valence-electron chi connectivity index (χ4n) is 2.34. The van der Waals surface area contributed by atoms with Gasteiger partial charge in [-0.05, 0) is 11.6 Å². The van der Waals surface area contributed by atoms with E-state index in [1.807, 2.05) is 32.3 Å². The molecule has 1 unspecified atom stereocenters. The zero-order valence-electron chi connectivity index (χ0n) is 12.2. The second-order valence-electron chi connectivity index (χ2n) is 5.23. The van der Waals surface area contributed by atoms with Crippen molar-refractivity contribution in [2.75, 3.05) is 38.8 Å². The van der Waals surface area contributed by atoms with Gasteiger partial charge in [-0.15, -0.1) is 0 Å². The number of hydrogen-bond acceptors (Lipinski definition) is 4. The molecule has 5 heteroatoms. The van der Waals surface area contributed by atoms with Gasteiger partial charge in [-0.1, -0.05) is 18.2 Å². The first-order chi connectivity index (χ1) is 9.66. The van der Waals surface area contributed by atoms with E-state index in [4.69, 9.17) is 4.74 Å². The molecule has 0 bridgehead atoms. The lowest BCUT2D eigenvalue weighted by molar-refractivity contribution is -0.122. The van der Waals surface area contributed by atoms with Gasteiger partial charge in [-0.3, -0.25) is 4.79 Å². The third-order valence-corrected chi connectivity index (χ3v) is 3.38. The van der Waals surface area contributed by atoms with Crippen LogP contribution in [0.2, 0.25) is 0 Å². The summed E-state index contributed by atoms with van der Waals surface area (Å²) in [6, 6.07) is 8.22. The highest BCUT2D eigenvalue weighted by Crippen LogP contribution is 2.17. The van der Waals surface area contributed by atoms with E-state index in [2.05, 4.69) is 21.6 Å². The minimum atomic E-state index is 0.0570. The van der Waals surface area contributed by atoms with Crippen LogP contribution in [-0.4, -0.2) is 45.8 Å². The minimum absolute atomic E-state index is 0.0570. The van der Waals surface area contributed by atoms with Gasteiger partial charge in [0.05, 0.1) is 13.2 Å². The summed E-state index contributed by atoms with van der Waals surface area (Å²) < 4.78 is 5.35. The summed E-state index contributed by atoms with van der Waals surface area (Å²) in [5.41, 5.74) is 2.26. The van der Waals surface area contributed by atoms with Crippen molar-refractivity contribution in [3.8, 4) is 0 Å². The molecule has 20 heavy (non-hydrogen) atoms. The number of nitrogens with zero attached hydrogens (tertiary/aromatic N) is 1. The molecule has 0 saturated carbocycles. The summed E-state index contributed by atoms with van der Waals surface area (Å²) in [7, 11) is 4.01. The minimum Gasteiger partial charge on any atom is -0.378 e. The summed E-state index contributed by atoms with van der Waals surface area (Å²) >= 11 is 0. The van der Waals surface area contributed by atoms with Crippen molar-refractivity contribution in [2.45, 2.75) is 19.0 Å². The SMILES string of the molecule is CN(C)c1ccccc1CNC(=O)CC1COCCN1. The maximum atomic E-state index is 11.9. The summed E-state index contributed by atoms with van der Waals surface area (Å²) in [5.74, 6) is 0.0570. The fourth-order valence-corrected chi connectivity index (χ4v) is 2.34. The number of para-hydroxylation sites is 1. The fraction of sp³-hybridized carbons (Fsp3) is 0.533. The van der Waals surface area contributed by atoms with Crippen LogP contribution < -0.4 is 15.5 Å². The predicted molar refractivity (Wildman–Crippen MR) is 79.8 cm³/mol. The Morgan fingerprint density at radius 3 is 2.95 bits per heavy atom. The van der Waals surface area contributed by atoms with E-state index in [0.29, 0.717) is 19.6 Å². The van der Waals surface area contributed by atoms with E-state index in [1.165, 1.54) is 0 Å². The molecular formula is C15H23N3O2. The van der Waals surface area contributed by atoms with Crippen molar-refractivity contribution in [3.05, 3.63) is 29.8 Å². The molecule has 0 radical (unpaired) electrons. The number of nitrogens with one attached hydrogen (secondary N) is 2. The molecule has 1 amide bonds. The molecule has 0 aliphatic carbocycles. The Hall–Kier alpha value is -1.59. The lowest BCUT2D eigenvalue weighted by atomic mass is 10.1. The van der Waals surface area contributed by atoms with Crippen LogP contribution in [0.3, 0.4) is 0 Å². The quantitative estimate of drug-likeness (QED) is 0.834. The second-order valence-corrected chi connectivity index (χ2v) is 5.23. The number of benzene rings is 1. The van der Waals surface area contributed by atoms with E-state index in [9.17, 15) is 4.79 Å². The largest absolute Gasteiger partial charge is 0.378 e. The van der Waals surface area contributed by atoms with Crippen molar-refractivity contribution < 1.29 is 9.53 Å². The van der Waals surface area contributed by atoms with Crippen LogP contribution in [0.15, 0.2) is 24.3 Å². The molecule has 1 saturated heterocycles. The smallest absolute Gasteiger partial charge is 0.221 e. The standard InChI is InChI=1S/C15H23N3O2/c1-18(2)14-6-4-3-5-12(14)10-17-15(19)9-13-11-20-8-7-16-13/h3-6,13,16H,7-11H2,1-2H3,(H,17,19). The number of amides is 1. The van der Waals surface area contributed by atoms with Gasteiger partial charge in [0.1, 0.15) is 0 Å². The van der Waals surface area contributed by atoms with Crippen LogP contribution in [0.5, 0.6) is 0 Å². The number of ether oxygens (including phenoxy) is 1. The summed E-state index contributed by atoms with van der Waals surface area (Å²) in [6.45, 7) is 2.72. The van der Waals surface area contributed by atoms with Gasteiger partial charge in [0.2, 0.25) is 5.91 Å². The normalized spacial score (nSPS) is 18.6. The monoisotopic (exact) mass is 277 g/mol. The molecule has 1 aliphatic heterocycles. The first-order valence-corrected chi connectivity index (χ1v) is 7.00. The average molecular weight is 277 g/mol. The van der Waals surface area contributed by atoms with Crippen LogP contribution in [0.4, 0.5) is 5.69 Å². The molecule has 2 rings (SSSR count). The lowest BCUT2D eigenvalue weighted by Gasteiger charge is -2.23. The van der Waals surface area contributed by atoms with Gasteiger partial charge < -0.3 is 20.3 Å². The molecule has 1 fully saturated rings. The van der Waals surface area contributed by atoms with Crippen molar-refractivity contribution in [3.63, 3.8) is 0 Å². The Balaban J connectivity index is 1.83. The molecule has 0 aromatic heterocycles. The first kappa shape index (κ1) is 14.8. The van der Waals surface area contributed by atoms with Gasteiger partial charge in [0.15, 0.2) is 0 Å². The van der Waals surface area contributed by atoms with Crippen molar-refractivity contribution in [1.29, 1.82) is 0 Å². The molecule has 1 atom stereocenters. The second kappa shape index (κ2) is 7.26. The van der Waals surface area contributed by atoms with Crippen molar-refractivity contribution >= 4 is 11.6 Å². The third-order valence-electron chi connectivity index (χ3n) is 3.38. The molecular weight excluding hydrogens is 254 g/mol. The van der Waals surface area contributed by atoms with E-state index < -0.39 is 0 Å². The van der Waals surface area contributed by atoms with Crippen molar-refractivity contribution in [1.82, 2.24) is 10.6 Å². The Bertz CT molecular complexity index is 442. The number of hydrogen-bond donors (Lipinski definition) is 2. The highest BCUT2D eigenvalue weighted by atomic mass is 16.5. The number of morpholine rings is 1. The number of rotatable bonds is 5. The van der Waals surface area contributed by atoms with Gasteiger partial charge in [0, 0.05) is 45.3 Å². The van der Waals surface area contributed by atoms with Crippen LogP contribution in [0, 0.1) is 0 Å². The molecule has 1 aromatic carbocycles. The maximum Gasteiger partial charge on any atom is 0.221 e. The highest BCUT2D eigenvalue weighted by Gasteiger charge is 2.16. The van der Waals surface area contributed by atoms with Crippen LogP contribution in [0.25, 0.3) is 0 Å². The Kier molecular flexibility index (Phi) is 5.38. The van der Waals surface area contributed by atoms with Crippen LogP contribution in [0.1, 0.15) is 12.0 Å². The molecule has 1 heterocycles. The maximum absolute atomic E-state index is 11.9. The predicted octanol–water partition coefficient (Wildman–Crippen LogP) is 0.747. The highest BCUT2D eigenvalue weighted by molar-refractivity contribution is 5.76. The Morgan fingerprint density at radius 2 is 2.25 bits per heavy atom. The summed E-state index contributed by atoms with van der Waals surface area (Å²) in [4.78, 5) is 14.0. The Morgan fingerprint density at radius 1 is 1.45 bits per heavy atom. The first-order valence-electron chi connectivity index (χ1n) is 7.00. The lowest BCUT2D eigenvalue weighted by Crippen LogP contribution is -2.44. The number of carbonyl (C=O) groups is 1. The van der Waals surface area contributed by atoms with E-state index in [1.54, 1.807) is 0 Å². The van der Waals surface area contributed by atoms with E-state index >= 15 is 0 Å². The molecule has 110 valence electrons. The zero-order valence-corrected chi connectivity index (χ0v) is 12.2. The van der Waals surface area contributed by atoms with Gasteiger partial charge >= 0.3 is 0 Å².